The summed E-state index contributed by atoms with van der Waals surface area (Å²) in [5.41, 5.74) is 6.97. The Balaban J connectivity index is 2.11. The number of benzene rings is 1. The van der Waals surface area contributed by atoms with Crippen molar-refractivity contribution in [3.8, 4) is 0 Å². The number of hydrogen-bond acceptors (Lipinski definition) is 4. The number of cyclic esters (lactones) is 1. The van der Waals surface area contributed by atoms with Gasteiger partial charge in [-0.15, -0.1) is 0 Å². The third-order valence-electron chi connectivity index (χ3n) is 2.96. The lowest BCUT2D eigenvalue weighted by Gasteiger charge is -2.15. The minimum atomic E-state index is -0.527. The van der Waals surface area contributed by atoms with Gasteiger partial charge in [0.1, 0.15) is 6.61 Å². The zero-order valence-corrected chi connectivity index (χ0v) is 10.8. The number of nitrogens with zero attached hydrogens (tertiary/aromatic N) is 1. The lowest BCUT2D eigenvalue weighted by molar-refractivity contribution is -0.117. The summed E-state index contributed by atoms with van der Waals surface area (Å²) in [4.78, 5) is 24.7. The van der Waals surface area contributed by atoms with Crippen LogP contribution in [0.15, 0.2) is 24.3 Å². The molecule has 2 amide bonds. The molecule has 0 unspecified atom stereocenters. The summed E-state index contributed by atoms with van der Waals surface area (Å²) >= 11 is 0. The van der Waals surface area contributed by atoms with Crippen molar-refractivity contribution >= 4 is 23.4 Å². The van der Waals surface area contributed by atoms with Gasteiger partial charge in [-0.25, -0.2) is 4.79 Å². The Morgan fingerprint density at radius 1 is 1.58 bits per heavy atom. The summed E-state index contributed by atoms with van der Waals surface area (Å²) in [6.45, 7) is 2.75. The molecule has 0 aromatic heterocycles. The molecule has 1 heterocycles. The summed E-state index contributed by atoms with van der Waals surface area (Å²) in [5, 5.41) is 2.73. The average molecular weight is 263 g/mol. The van der Waals surface area contributed by atoms with Crippen LogP contribution in [-0.4, -0.2) is 31.2 Å². The molecule has 19 heavy (non-hydrogen) atoms. The zero-order chi connectivity index (χ0) is 13.8. The van der Waals surface area contributed by atoms with Crippen molar-refractivity contribution in [3.63, 3.8) is 0 Å². The number of anilines is 2. The number of carbonyl (C=O) groups is 2. The molecule has 0 radical (unpaired) electrons. The van der Waals surface area contributed by atoms with E-state index in [1.54, 1.807) is 24.3 Å². The van der Waals surface area contributed by atoms with E-state index in [-0.39, 0.29) is 12.0 Å². The van der Waals surface area contributed by atoms with Crippen LogP contribution in [0, 0.1) is 0 Å². The molecule has 1 fully saturated rings. The SMILES string of the molecule is CC[C@@H](N)C(=O)Nc1cccc(N2CCOC2=O)c1. The molecule has 0 spiro atoms. The first-order valence-corrected chi connectivity index (χ1v) is 6.22. The Labute approximate surface area is 111 Å². The van der Waals surface area contributed by atoms with E-state index in [1.807, 2.05) is 6.92 Å². The van der Waals surface area contributed by atoms with Crippen LogP contribution in [0.1, 0.15) is 13.3 Å². The predicted molar refractivity (Wildman–Crippen MR) is 72.0 cm³/mol. The largest absolute Gasteiger partial charge is 0.447 e. The van der Waals surface area contributed by atoms with Gasteiger partial charge in [0.2, 0.25) is 5.91 Å². The molecule has 6 heteroatoms. The van der Waals surface area contributed by atoms with Crippen molar-refractivity contribution in [3.05, 3.63) is 24.3 Å². The van der Waals surface area contributed by atoms with Gasteiger partial charge in [0.25, 0.3) is 0 Å². The lowest BCUT2D eigenvalue weighted by Crippen LogP contribution is -2.34. The molecule has 1 saturated heterocycles. The Morgan fingerprint density at radius 3 is 3.00 bits per heavy atom. The van der Waals surface area contributed by atoms with Gasteiger partial charge in [0.15, 0.2) is 0 Å². The summed E-state index contributed by atoms with van der Waals surface area (Å²) in [7, 11) is 0. The Kier molecular flexibility index (Phi) is 4.01. The molecule has 0 saturated carbocycles. The fraction of sp³-hybridized carbons (Fsp3) is 0.385. The Morgan fingerprint density at radius 2 is 2.37 bits per heavy atom. The van der Waals surface area contributed by atoms with Crippen LogP contribution in [0.4, 0.5) is 16.2 Å². The molecule has 0 aliphatic carbocycles. The van der Waals surface area contributed by atoms with Gasteiger partial charge in [0.05, 0.1) is 12.6 Å². The van der Waals surface area contributed by atoms with Gasteiger partial charge in [-0.3, -0.25) is 9.69 Å². The second kappa shape index (κ2) is 5.71. The van der Waals surface area contributed by atoms with Gasteiger partial charge < -0.3 is 15.8 Å². The van der Waals surface area contributed by atoms with Gasteiger partial charge in [-0.05, 0) is 24.6 Å². The lowest BCUT2D eigenvalue weighted by atomic mass is 10.2. The third kappa shape index (κ3) is 3.03. The van der Waals surface area contributed by atoms with E-state index in [4.69, 9.17) is 10.5 Å². The van der Waals surface area contributed by atoms with Gasteiger partial charge in [-0.1, -0.05) is 13.0 Å². The van der Waals surface area contributed by atoms with Crippen molar-refractivity contribution in [1.29, 1.82) is 0 Å². The summed E-state index contributed by atoms with van der Waals surface area (Å²) < 4.78 is 4.88. The van der Waals surface area contributed by atoms with Crippen LogP contribution in [0.5, 0.6) is 0 Å². The van der Waals surface area contributed by atoms with Crippen LogP contribution in [0.25, 0.3) is 0 Å². The minimum Gasteiger partial charge on any atom is -0.447 e. The number of carbonyl (C=O) groups excluding carboxylic acids is 2. The van der Waals surface area contributed by atoms with Crippen LogP contribution in [0.2, 0.25) is 0 Å². The van der Waals surface area contributed by atoms with Crippen LogP contribution < -0.4 is 16.0 Å². The highest BCUT2D eigenvalue weighted by atomic mass is 16.6. The van der Waals surface area contributed by atoms with Crippen molar-refractivity contribution in [2.45, 2.75) is 19.4 Å². The molecule has 2 rings (SSSR count). The average Bonchev–Trinajstić information content (AvgIpc) is 2.84. The van der Waals surface area contributed by atoms with E-state index in [0.717, 1.165) is 0 Å². The van der Waals surface area contributed by atoms with Crippen molar-refractivity contribution in [2.24, 2.45) is 5.73 Å². The topological polar surface area (TPSA) is 84.7 Å². The number of nitrogens with one attached hydrogen (secondary N) is 1. The predicted octanol–water partition coefficient (Wildman–Crippen LogP) is 1.32. The molecule has 3 N–H and O–H groups in total. The first-order chi connectivity index (χ1) is 9.11. The molecule has 1 aliphatic heterocycles. The smallest absolute Gasteiger partial charge is 0.414 e. The van der Waals surface area contributed by atoms with Gasteiger partial charge in [-0.2, -0.15) is 0 Å². The molecule has 6 nitrogen and oxygen atoms in total. The minimum absolute atomic E-state index is 0.233. The zero-order valence-electron chi connectivity index (χ0n) is 10.8. The highest BCUT2D eigenvalue weighted by Crippen LogP contribution is 2.22. The molecule has 1 atom stereocenters. The quantitative estimate of drug-likeness (QED) is 0.858. The molecule has 102 valence electrons. The normalized spacial score (nSPS) is 16.1. The van der Waals surface area contributed by atoms with Crippen LogP contribution >= 0.6 is 0 Å². The van der Waals surface area contributed by atoms with E-state index < -0.39 is 6.04 Å². The second-order valence-corrected chi connectivity index (χ2v) is 4.32. The number of nitrogens with two attached hydrogens (primary N) is 1. The maximum atomic E-state index is 11.7. The van der Waals surface area contributed by atoms with Crippen molar-refractivity contribution < 1.29 is 14.3 Å². The van der Waals surface area contributed by atoms with E-state index in [0.29, 0.717) is 30.9 Å². The number of ether oxygens (including phenoxy) is 1. The van der Waals surface area contributed by atoms with Crippen LogP contribution in [0.3, 0.4) is 0 Å². The Hall–Kier alpha value is -2.08. The molecule has 1 aromatic rings. The number of hydrogen-bond donors (Lipinski definition) is 2. The molecule has 1 aromatic carbocycles. The monoisotopic (exact) mass is 263 g/mol. The fourth-order valence-corrected chi connectivity index (χ4v) is 1.80. The molecular formula is C13H17N3O3. The first-order valence-electron chi connectivity index (χ1n) is 6.22. The molecule has 0 bridgehead atoms. The van der Waals surface area contributed by atoms with Crippen molar-refractivity contribution in [2.75, 3.05) is 23.4 Å². The third-order valence-corrected chi connectivity index (χ3v) is 2.96. The highest BCUT2D eigenvalue weighted by molar-refractivity contribution is 5.96. The maximum Gasteiger partial charge on any atom is 0.414 e. The summed E-state index contributed by atoms with van der Waals surface area (Å²) in [6.07, 6.45) is 0.206. The number of amides is 2. The maximum absolute atomic E-state index is 11.7. The summed E-state index contributed by atoms with van der Waals surface area (Å²) in [6, 6.07) is 6.52. The first kappa shape index (κ1) is 13.4. The van der Waals surface area contributed by atoms with Crippen molar-refractivity contribution in [1.82, 2.24) is 0 Å². The molecule has 1 aliphatic rings. The second-order valence-electron chi connectivity index (χ2n) is 4.32. The molecular weight excluding hydrogens is 246 g/mol. The summed E-state index contributed by atoms with van der Waals surface area (Å²) in [5.74, 6) is -0.233. The Bertz CT molecular complexity index is 490. The standard InChI is InChI=1S/C13H17N3O3/c1-2-11(14)12(17)15-9-4-3-5-10(8-9)16-6-7-19-13(16)18/h3-5,8,11H,2,6-7,14H2,1H3,(H,15,17)/t11-/m1/s1. The van der Waals surface area contributed by atoms with Gasteiger partial charge in [0, 0.05) is 11.4 Å². The van der Waals surface area contributed by atoms with E-state index in [1.165, 1.54) is 4.90 Å². The highest BCUT2D eigenvalue weighted by Gasteiger charge is 2.23. The number of rotatable bonds is 4. The van der Waals surface area contributed by atoms with Crippen LogP contribution in [-0.2, 0) is 9.53 Å². The van der Waals surface area contributed by atoms with E-state index in [2.05, 4.69) is 5.32 Å². The van der Waals surface area contributed by atoms with Gasteiger partial charge >= 0.3 is 6.09 Å². The van der Waals surface area contributed by atoms with E-state index in [9.17, 15) is 9.59 Å². The van der Waals surface area contributed by atoms with E-state index >= 15 is 0 Å². The fourth-order valence-electron chi connectivity index (χ4n) is 1.80.